The molecule has 2 aromatic carbocycles. The fraction of sp³-hybridized carbons (Fsp3) is 0.125. The molecule has 0 N–H and O–H groups in total. The lowest BCUT2D eigenvalue weighted by Gasteiger charge is -2.28. The summed E-state index contributed by atoms with van der Waals surface area (Å²) in [4.78, 5) is 9.34. The van der Waals surface area contributed by atoms with E-state index in [1.165, 1.54) is 5.56 Å². The molecule has 1 aliphatic heterocycles. The van der Waals surface area contributed by atoms with Crippen LogP contribution in [0.3, 0.4) is 0 Å². The maximum atomic E-state index is 4.94. The number of hydrogen-bond donors (Lipinski definition) is 0. The highest BCUT2D eigenvalue weighted by Gasteiger charge is 2.39. The number of hydrogen-bond acceptors (Lipinski definition) is 4. The average molecular weight is 364 g/mol. The topological polar surface area (TPSA) is 41.4 Å². The van der Waals surface area contributed by atoms with E-state index in [1.54, 1.807) is 6.20 Å². The van der Waals surface area contributed by atoms with Gasteiger partial charge in [0.1, 0.15) is 0 Å². The molecule has 2 aromatic heterocycles. The summed E-state index contributed by atoms with van der Waals surface area (Å²) >= 11 is 0. The van der Waals surface area contributed by atoms with Crippen LogP contribution in [-0.4, -0.2) is 15.7 Å². The first kappa shape index (κ1) is 16.6. The Balaban J connectivity index is 1.65. The van der Waals surface area contributed by atoms with Gasteiger partial charge in [0.05, 0.1) is 23.3 Å². The minimum atomic E-state index is 0.0530. The molecule has 0 fully saturated rings. The standard InChI is InChI=1S/C24H20N4/c1-17-22(21-15-14-19-11-8-16-25-24(19)26-21)23(18-9-4-2-5-10-18)28(27-17)20-12-6-3-7-13-20/h2-16,22-23H,1H3. The van der Waals surface area contributed by atoms with Gasteiger partial charge < -0.3 is 0 Å². The van der Waals surface area contributed by atoms with Crippen LogP contribution in [-0.2, 0) is 0 Å². The van der Waals surface area contributed by atoms with Crippen molar-refractivity contribution in [1.82, 2.24) is 9.97 Å². The molecule has 0 spiro atoms. The van der Waals surface area contributed by atoms with Crippen molar-refractivity contribution in [2.24, 2.45) is 5.10 Å². The molecule has 136 valence electrons. The molecule has 4 nitrogen and oxygen atoms in total. The zero-order valence-electron chi connectivity index (χ0n) is 15.6. The van der Waals surface area contributed by atoms with Crippen LogP contribution in [0.4, 0.5) is 5.69 Å². The van der Waals surface area contributed by atoms with E-state index in [9.17, 15) is 0 Å². The first-order valence-corrected chi connectivity index (χ1v) is 9.47. The van der Waals surface area contributed by atoms with Gasteiger partial charge in [-0.1, -0.05) is 48.5 Å². The Kier molecular flexibility index (Phi) is 4.09. The van der Waals surface area contributed by atoms with Crippen molar-refractivity contribution in [2.75, 3.05) is 5.01 Å². The van der Waals surface area contributed by atoms with E-state index in [1.807, 2.05) is 36.4 Å². The molecule has 0 saturated heterocycles. The van der Waals surface area contributed by atoms with E-state index in [4.69, 9.17) is 10.1 Å². The lowest BCUT2D eigenvalue weighted by molar-refractivity contribution is 0.638. The van der Waals surface area contributed by atoms with Gasteiger partial charge in [0.15, 0.2) is 5.65 Å². The second kappa shape index (κ2) is 6.89. The number of benzene rings is 2. The molecular formula is C24H20N4. The highest BCUT2D eigenvalue weighted by Crippen LogP contribution is 2.43. The van der Waals surface area contributed by atoms with Crippen LogP contribution in [0.2, 0.25) is 0 Å². The quantitative estimate of drug-likeness (QED) is 0.492. The van der Waals surface area contributed by atoms with E-state index < -0.39 is 0 Å². The van der Waals surface area contributed by atoms with E-state index in [0.717, 1.165) is 28.1 Å². The minimum absolute atomic E-state index is 0.0530. The molecule has 1 aliphatic rings. The third-order valence-corrected chi connectivity index (χ3v) is 5.26. The molecule has 0 bridgehead atoms. The average Bonchev–Trinajstić information content (AvgIpc) is 3.12. The van der Waals surface area contributed by atoms with E-state index in [2.05, 4.69) is 65.4 Å². The molecule has 28 heavy (non-hydrogen) atoms. The maximum Gasteiger partial charge on any atom is 0.159 e. The molecule has 4 aromatic rings. The number of rotatable bonds is 3. The summed E-state index contributed by atoms with van der Waals surface area (Å²) in [5.74, 6) is 0.0639. The number of anilines is 1. The number of hydrazone groups is 1. The Morgan fingerprint density at radius 2 is 1.54 bits per heavy atom. The maximum absolute atomic E-state index is 4.94. The van der Waals surface area contributed by atoms with Gasteiger partial charge in [-0.15, -0.1) is 0 Å². The molecule has 0 amide bonds. The Labute approximate surface area is 164 Å². The summed E-state index contributed by atoms with van der Waals surface area (Å²) in [6.07, 6.45) is 1.79. The zero-order chi connectivity index (χ0) is 18.9. The van der Waals surface area contributed by atoms with Crippen molar-refractivity contribution in [1.29, 1.82) is 0 Å². The van der Waals surface area contributed by atoms with Gasteiger partial charge in [0.25, 0.3) is 0 Å². The second-order valence-electron chi connectivity index (χ2n) is 7.04. The van der Waals surface area contributed by atoms with Gasteiger partial charge >= 0.3 is 0 Å². The monoisotopic (exact) mass is 364 g/mol. The zero-order valence-corrected chi connectivity index (χ0v) is 15.6. The third kappa shape index (κ3) is 2.83. The molecule has 2 unspecified atom stereocenters. The SMILES string of the molecule is CC1=NN(c2ccccc2)C(c2ccccc2)C1c1ccc2cccnc2n1. The summed E-state index contributed by atoms with van der Waals surface area (Å²) in [6.45, 7) is 2.09. The molecule has 0 saturated carbocycles. The number of pyridine rings is 2. The van der Waals surface area contributed by atoms with Crippen molar-refractivity contribution < 1.29 is 0 Å². The van der Waals surface area contributed by atoms with Crippen molar-refractivity contribution in [3.63, 3.8) is 0 Å². The van der Waals surface area contributed by atoms with Gasteiger partial charge in [-0.25, -0.2) is 9.97 Å². The third-order valence-electron chi connectivity index (χ3n) is 5.26. The van der Waals surface area contributed by atoms with Gasteiger partial charge in [-0.05, 0) is 48.9 Å². The molecule has 0 radical (unpaired) electrons. The van der Waals surface area contributed by atoms with Crippen LogP contribution in [0.5, 0.6) is 0 Å². The lowest BCUT2D eigenvalue weighted by atomic mass is 9.87. The van der Waals surface area contributed by atoms with E-state index >= 15 is 0 Å². The fourth-order valence-electron chi connectivity index (χ4n) is 3.96. The van der Waals surface area contributed by atoms with Crippen molar-refractivity contribution >= 4 is 22.4 Å². The first-order chi connectivity index (χ1) is 13.8. The molecule has 2 atom stereocenters. The van der Waals surface area contributed by atoms with Crippen LogP contribution in [0, 0.1) is 0 Å². The Hall–Kier alpha value is -3.53. The largest absolute Gasteiger partial charge is 0.257 e. The van der Waals surface area contributed by atoms with Crippen LogP contribution in [0.1, 0.15) is 30.1 Å². The summed E-state index contributed by atoms with van der Waals surface area (Å²) in [5, 5.41) is 8.12. The Bertz CT molecular complexity index is 1140. The highest BCUT2D eigenvalue weighted by molar-refractivity contribution is 5.93. The van der Waals surface area contributed by atoms with E-state index in [-0.39, 0.29) is 12.0 Å². The Morgan fingerprint density at radius 3 is 2.32 bits per heavy atom. The number of fused-ring (bicyclic) bond motifs is 1. The van der Waals surface area contributed by atoms with Crippen molar-refractivity contribution in [3.8, 4) is 0 Å². The number of nitrogens with zero attached hydrogens (tertiary/aromatic N) is 4. The smallest absolute Gasteiger partial charge is 0.159 e. The van der Waals surface area contributed by atoms with Crippen molar-refractivity contribution in [3.05, 3.63) is 102 Å². The number of para-hydroxylation sites is 1. The summed E-state index contributed by atoms with van der Waals surface area (Å²) in [5.41, 5.74) is 5.13. The number of aromatic nitrogens is 2. The predicted octanol–water partition coefficient (Wildman–Crippen LogP) is 5.35. The van der Waals surface area contributed by atoms with Gasteiger partial charge in [-0.2, -0.15) is 5.10 Å². The van der Waals surface area contributed by atoms with Crippen molar-refractivity contribution in [2.45, 2.75) is 18.9 Å². The minimum Gasteiger partial charge on any atom is -0.257 e. The molecular weight excluding hydrogens is 344 g/mol. The molecule has 5 rings (SSSR count). The van der Waals surface area contributed by atoms with E-state index in [0.29, 0.717) is 0 Å². The van der Waals surface area contributed by atoms with Crippen LogP contribution in [0.15, 0.2) is 96.2 Å². The predicted molar refractivity (Wildman–Crippen MR) is 113 cm³/mol. The van der Waals surface area contributed by atoms with Gasteiger partial charge in [-0.3, -0.25) is 5.01 Å². The fourth-order valence-corrected chi connectivity index (χ4v) is 3.96. The molecule has 4 heteroatoms. The van der Waals surface area contributed by atoms with Gasteiger partial charge in [0, 0.05) is 17.3 Å². The summed E-state index contributed by atoms with van der Waals surface area (Å²) < 4.78 is 0. The van der Waals surface area contributed by atoms with Crippen LogP contribution >= 0.6 is 0 Å². The first-order valence-electron chi connectivity index (χ1n) is 9.47. The lowest BCUT2D eigenvalue weighted by Crippen LogP contribution is -2.24. The second-order valence-corrected chi connectivity index (χ2v) is 7.04. The van der Waals surface area contributed by atoms with Crippen LogP contribution < -0.4 is 5.01 Å². The highest BCUT2D eigenvalue weighted by atomic mass is 15.5. The normalized spacial score (nSPS) is 19.0. The molecule has 3 heterocycles. The van der Waals surface area contributed by atoms with Gasteiger partial charge in [0.2, 0.25) is 0 Å². The Morgan fingerprint density at radius 1 is 0.786 bits per heavy atom. The van der Waals surface area contributed by atoms with Crippen LogP contribution in [0.25, 0.3) is 11.0 Å². The summed E-state index contributed by atoms with van der Waals surface area (Å²) in [6, 6.07) is 29.1. The molecule has 0 aliphatic carbocycles. The summed E-state index contributed by atoms with van der Waals surface area (Å²) in [7, 11) is 0.